The van der Waals surface area contributed by atoms with Crippen molar-refractivity contribution in [2.24, 2.45) is 5.10 Å². The molecule has 0 bridgehead atoms. The average Bonchev–Trinajstić information content (AvgIpc) is 2.64. The fourth-order valence-corrected chi connectivity index (χ4v) is 1.35. The summed E-state index contributed by atoms with van der Waals surface area (Å²) in [7, 11) is 1.30. The van der Waals surface area contributed by atoms with E-state index in [0.717, 1.165) is 12.8 Å². The van der Waals surface area contributed by atoms with Crippen molar-refractivity contribution >= 4 is 17.7 Å². The van der Waals surface area contributed by atoms with E-state index in [4.69, 9.17) is 0 Å². The summed E-state index contributed by atoms with van der Waals surface area (Å²) in [4.78, 5) is 22.3. The zero-order valence-electron chi connectivity index (χ0n) is 9.65. The Balaban J connectivity index is 2.38. The molecule has 0 aromatic carbocycles. The highest BCUT2D eigenvalue weighted by Crippen LogP contribution is 2.08. The van der Waals surface area contributed by atoms with E-state index < -0.39 is 6.09 Å². The molecule has 2 amide bonds. The SMILES string of the molecule is CCCCN1N=C(CNC(=O)OC)CC1=O. The summed E-state index contributed by atoms with van der Waals surface area (Å²) in [5.74, 6) is -0.00452. The Hall–Kier alpha value is -1.59. The molecular formula is C10H17N3O3. The summed E-state index contributed by atoms with van der Waals surface area (Å²) in [6.07, 6.45) is 1.73. The molecular weight excluding hydrogens is 210 g/mol. The maximum Gasteiger partial charge on any atom is 0.407 e. The van der Waals surface area contributed by atoms with Gasteiger partial charge in [0.05, 0.1) is 25.8 Å². The van der Waals surface area contributed by atoms with Gasteiger partial charge in [0.15, 0.2) is 0 Å². The van der Waals surface area contributed by atoms with Gasteiger partial charge in [0.1, 0.15) is 0 Å². The number of amides is 2. The standard InChI is InChI=1S/C10H17N3O3/c1-3-4-5-13-9(14)6-8(12-13)7-11-10(15)16-2/h3-7H2,1-2H3,(H,11,15). The Morgan fingerprint density at radius 1 is 1.62 bits per heavy atom. The molecule has 0 aromatic rings. The van der Waals surface area contributed by atoms with Gasteiger partial charge in [0.25, 0.3) is 0 Å². The van der Waals surface area contributed by atoms with E-state index in [-0.39, 0.29) is 18.9 Å². The number of rotatable bonds is 5. The first-order valence-corrected chi connectivity index (χ1v) is 5.36. The van der Waals surface area contributed by atoms with Gasteiger partial charge in [0, 0.05) is 6.54 Å². The zero-order chi connectivity index (χ0) is 12.0. The van der Waals surface area contributed by atoms with Gasteiger partial charge < -0.3 is 10.1 Å². The van der Waals surface area contributed by atoms with E-state index in [2.05, 4.69) is 22.1 Å². The third-order valence-electron chi connectivity index (χ3n) is 2.25. The lowest BCUT2D eigenvalue weighted by Crippen LogP contribution is -2.28. The molecule has 90 valence electrons. The monoisotopic (exact) mass is 227 g/mol. The van der Waals surface area contributed by atoms with Crippen LogP contribution in [0.3, 0.4) is 0 Å². The smallest absolute Gasteiger partial charge is 0.407 e. The molecule has 0 aliphatic carbocycles. The molecule has 0 aromatic heterocycles. The summed E-state index contributed by atoms with van der Waals surface area (Å²) in [6, 6.07) is 0. The van der Waals surface area contributed by atoms with Crippen LogP contribution in [0.1, 0.15) is 26.2 Å². The van der Waals surface area contributed by atoms with Crippen LogP contribution in [-0.4, -0.2) is 42.9 Å². The van der Waals surface area contributed by atoms with E-state index in [9.17, 15) is 9.59 Å². The van der Waals surface area contributed by atoms with Gasteiger partial charge in [0.2, 0.25) is 5.91 Å². The topological polar surface area (TPSA) is 71.0 Å². The van der Waals surface area contributed by atoms with Gasteiger partial charge in [-0.2, -0.15) is 5.10 Å². The molecule has 0 spiro atoms. The fourth-order valence-electron chi connectivity index (χ4n) is 1.35. The predicted molar refractivity (Wildman–Crippen MR) is 59.1 cm³/mol. The van der Waals surface area contributed by atoms with E-state index in [1.54, 1.807) is 0 Å². The quantitative estimate of drug-likeness (QED) is 0.752. The van der Waals surface area contributed by atoms with Crippen molar-refractivity contribution in [1.82, 2.24) is 10.3 Å². The lowest BCUT2D eigenvalue weighted by Gasteiger charge is -2.09. The Labute approximate surface area is 94.6 Å². The number of nitrogens with zero attached hydrogens (tertiary/aromatic N) is 2. The van der Waals surface area contributed by atoms with Crippen molar-refractivity contribution in [2.75, 3.05) is 20.2 Å². The number of hydrogen-bond acceptors (Lipinski definition) is 4. The minimum absolute atomic E-state index is 0.00452. The second-order valence-electron chi connectivity index (χ2n) is 3.56. The lowest BCUT2D eigenvalue weighted by atomic mass is 10.2. The second-order valence-corrected chi connectivity index (χ2v) is 3.56. The summed E-state index contributed by atoms with van der Waals surface area (Å²) in [5.41, 5.74) is 0.673. The second kappa shape index (κ2) is 6.09. The summed E-state index contributed by atoms with van der Waals surface area (Å²) < 4.78 is 4.43. The Kier molecular flexibility index (Phi) is 4.75. The molecule has 16 heavy (non-hydrogen) atoms. The summed E-state index contributed by atoms with van der Waals surface area (Å²) in [6.45, 7) is 2.97. The van der Waals surface area contributed by atoms with Crippen molar-refractivity contribution < 1.29 is 14.3 Å². The number of hydrazone groups is 1. The van der Waals surface area contributed by atoms with E-state index in [1.165, 1.54) is 12.1 Å². The Morgan fingerprint density at radius 2 is 2.38 bits per heavy atom. The summed E-state index contributed by atoms with van der Waals surface area (Å²) >= 11 is 0. The van der Waals surface area contributed by atoms with Crippen LogP contribution >= 0.6 is 0 Å². The highest BCUT2D eigenvalue weighted by Gasteiger charge is 2.23. The minimum atomic E-state index is -0.512. The molecule has 0 fully saturated rings. The van der Waals surface area contributed by atoms with E-state index >= 15 is 0 Å². The van der Waals surface area contributed by atoms with Crippen LogP contribution in [0.2, 0.25) is 0 Å². The van der Waals surface area contributed by atoms with Crippen molar-refractivity contribution in [3.8, 4) is 0 Å². The molecule has 1 aliphatic rings. The third kappa shape index (κ3) is 3.52. The molecule has 0 saturated carbocycles. The normalized spacial score (nSPS) is 15.0. The molecule has 6 nitrogen and oxygen atoms in total. The van der Waals surface area contributed by atoms with Crippen molar-refractivity contribution in [3.05, 3.63) is 0 Å². The number of alkyl carbamates (subject to hydrolysis) is 1. The lowest BCUT2D eigenvalue weighted by molar-refractivity contribution is -0.128. The van der Waals surface area contributed by atoms with Gasteiger partial charge in [-0.3, -0.25) is 4.79 Å². The van der Waals surface area contributed by atoms with Gasteiger partial charge >= 0.3 is 6.09 Å². The van der Waals surface area contributed by atoms with Crippen LogP contribution in [0.5, 0.6) is 0 Å². The van der Waals surface area contributed by atoms with Crippen molar-refractivity contribution in [1.29, 1.82) is 0 Å². The Morgan fingerprint density at radius 3 is 3.00 bits per heavy atom. The minimum Gasteiger partial charge on any atom is -0.453 e. The van der Waals surface area contributed by atoms with Gasteiger partial charge in [-0.25, -0.2) is 9.80 Å². The average molecular weight is 227 g/mol. The molecule has 0 radical (unpaired) electrons. The molecule has 1 N–H and O–H groups in total. The van der Waals surface area contributed by atoms with Gasteiger partial charge in [-0.15, -0.1) is 0 Å². The number of unbranched alkanes of at least 4 members (excludes halogenated alkanes) is 1. The number of nitrogens with one attached hydrogen (secondary N) is 1. The predicted octanol–water partition coefficient (Wildman–Crippen LogP) is 0.731. The zero-order valence-corrected chi connectivity index (χ0v) is 9.65. The van der Waals surface area contributed by atoms with Crippen molar-refractivity contribution in [3.63, 3.8) is 0 Å². The van der Waals surface area contributed by atoms with Crippen LogP contribution in [0.15, 0.2) is 5.10 Å². The third-order valence-corrected chi connectivity index (χ3v) is 2.25. The number of ether oxygens (including phenoxy) is 1. The molecule has 0 saturated heterocycles. The first kappa shape index (κ1) is 12.5. The highest BCUT2D eigenvalue weighted by atomic mass is 16.5. The van der Waals surface area contributed by atoms with Gasteiger partial charge in [-0.1, -0.05) is 13.3 Å². The summed E-state index contributed by atoms with van der Waals surface area (Å²) in [5, 5.41) is 8.11. The maximum absolute atomic E-state index is 11.5. The molecule has 0 unspecified atom stereocenters. The Bertz CT molecular complexity index is 302. The molecule has 6 heteroatoms. The molecule has 0 atom stereocenters. The molecule has 1 heterocycles. The first-order valence-electron chi connectivity index (χ1n) is 5.36. The van der Waals surface area contributed by atoms with Gasteiger partial charge in [-0.05, 0) is 6.42 Å². The van der Waals surface area contributed by atoms with E-state index in [1.807, 2.05) is 0 Å². The van der Waals surface area contributed by atoms with E-state index in [0.29, 0.717) is 12.3 Å². The van der Waals surface area contributed by atoms with Crippen LogP contribution in [0.4, 0.5) is 4.79 Å². The largest absolute Gasteiger partial charge is 0.453 e. The molecule has 1 aliphatic heterocycles. The molecule has 1 rings (SSSR count). The van der Waals surface area contributed by atoms with Crippen LogP contribution in [0, 0.1) is 0 Å². The number of carbonyl (C=O) groups is 2. The number of carbonyl (C=O) groups excluding carboxylic acids is 2. The van der Waals surface area contributed by atoms with Crippen LogP contribution in [0.25, 0.3) is 0 Å². The van der Waals surface area contributed by atoms with Crippen molar-refractivity contribution in [2.45, 2.75) is 26.2 Å². The first-order chi connectivity index (χ1) is 7.67. The van der Waals surface area contributed by atoms with Crippen LogP contribution < -0.4 is 5.32 Å². The number of hydrogen-bond donors (Lipinski definition) is 1. The fraction of sp³-hybridized carbons (Fsp3) is 0.700. The highest BCUT2D eigenvalue weighted by molar-refractivity contribution is 6.06. The maximum atomic E-state index is 11.5. The van der Waals surface area contributed by atoms with Crippen LogP contribution in [-0.2, 0) is 9.53 Å². The number of methoxy groups -OCH3 is 1.